The summed E-state index contributed by atoms with van der Waals surface area (Å²) in [7, 11) is 0. The quantitative estimate of drug-likeness (QED) is 0.768. The second kappa shape index (κ2) is 7.58. The van der Waals surface area contributed by atoms with E-state index in [2.05, 4.69) is 16.0 Å². The molecule has 2 amide bonds. The summed E-state index contributed by atoms with van der Waals surface area (Å²) < 4.78 is 0. The second-order valence-corrected chi connectivity index (χ2v) is 7.64. The smallest absolute Gasteiger partial charge is 0.278 e. The van der Waals surface area contributed by atoms with E-state index in [-0.39, 0.29) is 18.4 Å². The zero-order chi connectivity index (χ0) is 19.7. The Kier molecular flexibility index (Phi) is 4.99. The summed E-state index contributed by atoms with van der Waals surface area (Å²) in [6, 6.07) is 9.74. The molecule has 144 valence electrons. The predicted molar refractivity (Wildman–Crippen MR) is 108 cm³/mol. The van der Waals surface area contributed by atoms with Crippen LogP contribution in [0.15, 0.2) is 48.4 Å². The van der Waals surface area contributed by atoms with Gasteiger partial charge >= 0.3 is 0 Å². The maximum absolute atomic E-state index is 13.4. The number of aryl methyl sites for hydroxylation is 2. The Bertz CT molecular complexity index is 944. The van der Waals surface area contributed by atoms with Gasteiger partial charge in [-0.25, -0.2) is 0 Å². The minimum atomic E-state index is -0.200. The SMILES string of the molecule is Cc1ccc(C2=C(N3CCCCC3)C(=O)N(Cc3ccncc3)C2=O)c(C)c1. The summed E-state index contributed by atoms with van der Waals surface area (Å²) in [5.74, 6) is -0.381. The number of hydrogen-bond donors (Lipinski definition) is 0. The van der Waals surface area contributed by atoms with Gasteiger partial charge in [0.1, 0.15) is 5.70 Å². The third kappa shape index (κ3) is 3.33. The molecule has 0 aliphatic carbocycles. The number of rotatable bonds is 4. The van der Waals surface area contributed by atoms with Crippen molar-refractivity contribution in [1.29, 1.82) is 0 Å². The van der Waals surface area contributed by atoms with Crippen molar-refractivity contribution in [3.05, 3.63) is 70.7 Å². The fourth-order valence-corrected chi connectivity index (χ4v) is 4.13. The molecule has 3 heterocycles. The third-order valence-electron chi connectivity index (χ3n) is 5.56. The molecule has 0 bridgehead atoms. The lowest BCUT2D eigenvalue weighted by molar-refractivity contribution is -0.138. The van der Waals surface area contributed by atoms with E-state index in [0.29, 0.717) is 11.3 Å². The number of nitrogens with zero attached hydrogens (tertiary/aromatic N) is 3. The van der Waals surface area contributed by atoms with Crippen LogP contribution in [0.2, 0.25) is 0 Å². The number of amides is 2. The molecule has 0 saturated carbocycles. The molecule has 0 spiro atoms. The van der Waals surface area contributed by atoms with Gasteiger partial charge in [0.05, 0.1) is 12.1 Å². The van der Waals surface area contributed by atoms with Crippen LogP contribution in [0.3, 0.4) is 0 Å². The second-order valence-electron chi connectivity index (χ2n) is 7.64. The molecule has 2 aliphatic heterocycles. The van der Waals surface area contributed by atoms with Crippen LogP contribution in [0.1, 0.15) is 41.5 Å². The van der Waals surface area contributed by atoms with Crippen molar-refractivity contribution in [1.82, 2.24) is 14.8 Å². The number of likely N-dealkylation sites (tertiary alicyclic amines) is 1. The maximum Gasteiger partial charge on any atom is 0.278 e. The van der Waals surface area contributed by atoms with Gasteiger partial charge in [-0.15, -0.1) is 0 Å². The Morgan fingerprint density at radius 2 is 1.64 bits per heavy atom. The number of carbonyl (C=O) groups is 2. The van der Waals surface area contributed by atoms with Crippen LogP contribution >= 0.6 is 0 Å². The van der Waals surface area contributed by atoms with Crippen LogP contribution in [-0.4, -0.2) is 39.7 Å². The van der Waals surface area contributed by atoms with Crippen molar-refractivity contribution in [2.45, 2.75) is 39.7 Å². The van der Waals surface area contributed by atoms with Crippen LogP contribution < -0.4 is 0 Å². The number of hydrogen-bond acceptors (Lipinski definition) is 4. The minimum Gasteiger partial charge on any atom is -0.366 e. The fraction of sp³-hybridized carbons (Fsp3) is 0.348. The Morgan fingerprint density at radius 3 is 2.32 bits per heavy atom. The summed E-state index contributed by atoms with van der Waals surface area (Å²) in [5, 5.41) is 0. The van der Waals surface area contributed by atoms with Gasteiger partial charge in [-0.2, -0.15) is 0 Å². The number of carbonyl (C=O) groups excluding carboxylic acids is 2. The van der Waals surface area contributed by atoms with Gasteiger partial charge in [0.2, 0.25) is 0 Å². The Labute approximate surface area is 165 Å². The standard InChI is InChI=1S/C23H25N3O2/c1-16-6-7-19(17(2)14-16)20-21(25-12-4-3-5-13-25)23(28)26(22(20)27)15-18-8-10-24-11-9-18/h6-11,14H,3-5,12-13,15H2,1-2H3. The minimum absolute atomic E-state index is 0.182. The molecule has 0 N–H and O–H groups in total. The zero-order valence-electron chi connectivity index (χ0n) is 16.4. The third-order valence-corrected chi connectivity index (χ3v) is 5.56. The summed E-state index contributed by atoms with van der Waals surface area (Å²) in [6.45, 7) is 5.96. The van der Waals surface area contributed by atoms with E-state index in [4.69, 9.17) is 0 Å². The molecular weight excluding hydrogens is 350 g/mol. The molecule has 0 radical (unpaired) electrons. The van der Waals surface area contributed by atoms with Gasteiger partial charge in [0, 0.05) is 25.5 Å². The molecular formula is C23H25N3O2. The molecule has 28 heavy (non-hydrogen) atoms. The van der Waals surface area contributed by atoms with Gasteiger partial charge in [-0.05, 0) is 61.9 Å². The fourth-order valence-electron chi connectivity index (χ4n) is 4.13. The van der Waals surface area contributed by atoms with Crippen molar-refractivity contribution in [3.8, 4) is 0 Å². The first-order valence-corrected chi connectivity index (χ1v) is 9.88. The Hall–Kier alpha value is -2.95. The van der Waals surface area contributed by atoms with E-state index in [1.54, 1.807) is 12.4 Å². The van der Waals surface area contributed by atoms with E-state index in [1.165, 1.54) is 11.3 Å². The highest BCUT2D eigenvalue weighted by Gasteiger charge is 2.42. The number of benzene rings is 1. The lowest BCUT2D eigenvalue weighted by atomic mass is 9.97. The molecule has 1 aromatic carbocycles. The highest BCUT2D eigenvalue weighted by Crippen LogP contribution is 2.35. The molecule has 0 unspecified atom stereocenters. The zero-order valence-corrected chi connectivity index (χ0v) is 16.4. The average molecular weight is 375 g/mol. The largest absolute Gasteiger partial charge is 0.366 e. The van der Waals surface area contributed by atoms with Gasteiger partial charge in [-0.1, -0.05) is 23.8 Å². The van der Waals surface area contributed by atoms with Crippen molar-refractivity contribution in [2.24, 2.45) is 0 Å². The van der Waals surface area contributed by atoms with Gasteiger partial charge < -0.3 is 4.90 Å². The van der Waals surface area contributed by atoms with Crippen LogP contribution in [0, 0.1) is 13.8 Å². The van der Waals surface area contributed by atoms with Crippen LogP contribution in [0.5, 0.6) is 0 Å². The topological polar surface area (TPSA) is 53.5 Å². The first-order chi connectivity index (χ1) is 13.6. The van der Waals surface area contributed by atoms with Gasteiger partial charge in [-0.3, -0.25) is 19.5 Å². The molecule has 0 atom stereocenters. The molecule has 1 aromatic heterocycles. The van der Waals surface area contributed by atoms with E-state index in [1.807, 2.05) is 38.1 Å². The first-order valence-electron chi connectivity index (χ1n) is 9.88. The highest BCUT2D eigenvalue weighted by molar-refractivity contribution is 6.35. The van der Waals surface area contributed by atoms with Crippen molar-refractivity contribution in [3.63, 3.8) is 0 Å². The number of aromatic nitrogens is 1. The molecule has 2 aliphatic rings. The van der Waals surface area contributed by atoms with Crippen LogP contribution in [0.4, 0.5) is 0 Å². The Balaban J connectivity index is 1.78. The maximum atomic E-state index is 13.4. The van der Waals surface area contributed by atoms with Gasteiger partial charge in [0.25, 0.3) is 11.8 Å². The first kappa shape index (κ1) is 18.4. The number of piperidine rings is 1. The number of pyridine rings is 1. The lowest BCUT2D eigenvalue weighted by Crippen LogP contribution is -2.36. The Morgan fingerprint density at radius 1 is 0.929 bits per heavy atom. The van der Waals surface area contributed by atoms with E-state index >= 15 is 0 Å². The number of imide groups is 1. The van der Waals surface area contributed by atoms with Crippen LogP contribution in [-0.2, 0) is 16.1 Å². The highest BCUT2D eigenvalue weighted by atomic mass is 16.2. The molecule has 5 heteroatoms. The van der Waals surface area contributed by atoms with E-state index in [9.17, 15) is 9.59 Å². The van der Waals surface area contributed by atoms with Crippen molar-refractivity contribution < 1.29 is 9.59 Å². The van der Waals surface area contributed by atoms with E-state index < -0.39 is 0 Å². The summed E-state index contributed by atoms with van der Waals surface area (Å²) in [5.41, 5.74) is 5.06. The van der Waals surface area contributed by atoms with Crippen molar-refractivity contribution in [2.75, 3.05) is 13.1 Å². The van der Waals surface area contributed by atoms with Crippen molar-refractivity contribution >= 4 is 17.4 Å². The molecule has 2 aromatic rings. The lowest BCUT2D eigenvalue weighted by Gasteiger charge is -2.29. The molecule has 1 fully saturated rings. The molecule has 4 rings (SSSR count). The summed E-state index contributed by atoms with van der Waals surface area (Å²) >= 11 is 0. The average Bonchev–Trinajstić information content (AvgIpc) is 2.94. The normalized spacial score (nSPS) is 17.6. The van der Waals surface area contributed by atoms with E-state index in [0.717, 1.165) is 48.2 Å². The summed E-state index contributed by atoms with van der Waals surface area (Å²) in [4.78, 5) is 34.3. The molecule has 1 saturated heterocycles. The predicted octanol–water partition coefficient (Wildman–Crippen LogP) is 3.46. The molecule has 5 nitrogen and oxygen atoms in total. The van der Waals surface area contributed by atoms with Gasteiger partial charge in [0.15, 0.2) is 0 Å². The monoisotopic (exact) mass is 375 g/mol. The van der Waals surface area contributed by atoms with Crippen LogP contribution in [0.25, 0.3) is 5.57 Å². The summed E-state index contributed by atoms with van der Waals surface area (Å²) in [6.07, 6.45) is 6.64.